The van der Waals surface area contributed by atoms with E-state index in [9.17, 15) is 14.3 Å². The summed E-state index contributed by atoms with van der Waals surface area (Å²) in [6, 6.07) is 14.2. The fourth-order valence-electron chi connectivity index (χ4n) is 4.79. The number of piperidine rings is 1. The second kappa shape index (κ2) is 7.53. The van der Waals surface area contributed by atoms with Crippen molar-refractivity contribution in [2.45, 2.75) is 43.6 Å². The van der Waals surface area contributed by atoms with Crippen molar-refractivity contribution >= 4 is 5.78 Å². The van der Waals surface area contributed by atoms with E-state index < -0.39 is 0 Å². The molecule has 0 amide bonds. The zero-order valence-corrected chi connectivity index (χ0v) is 15.5. The topological polar surface area (TPSA) is 40.5 Å². The molecule has 0 saturated carbocycles. The normalized spacial score (nSPS) is 21.3. The Hall–Kier alpha value is -2.04. The molecule has 1 heterocycles. The van der Waals surface area contributed by atoms with Crippen LogP contribution in [-0.2, 0) is 11.8 Å². The molecule has 1 atom stereocenters. The monoisotopic (exact) mass is 367 g/mol. The molecule has 0 radical (unpaired) electrons. The van der Waals surface area contributed by atoms with E-state index >= 15 is 0 Å². The minimum atomic E-state index is -0.315. The highest BCUT2D eigenvalue weighted by Crippen LogP contribution is 2.46. The molecule has 2 aromatic rings. The zero-order valence-electron chi connectivity index (χ0n) is 15.5. The van der Waals surface area contributed by atoms with Gasteiger partial charge in [-0.3, -0.25) is 4.79 Å². The van der Waals surface area contributed by atoms with Crippen molar-refractivity contribution < 1.29 is 14.3 Å². The molecule has 0 bridgehead atoms. The summed E-state index contributed by atoms with van der Waals surface area (Å²) >= 11 is 0. The second-order valence-electron chi connectivity index (χ2n) is 7.91. The molecule has 1 saturated heterocycles. The molecule has 1 aliphatic carbocycles. The molecule has 4 rings (SSSR count). The van der Waals surface area contributed by atoms with Crippen LogP contribution in [0.5, 0.6) is 0 Å². The first-order valence-electron chi connectivity index (χ1n) is 9.86. The van der Waals surface area contributed by atoms with E-state index in [-0.39, 0.29) is 23.1 Å². The fraction of sp³-hybridized carbons (Fsp3) is 0.435. The Balaban J connectivity index is 1.29. The lowest BCUT2D eigenvalue weighted by atomic mass is 9.72. The number of ketones is 1. The van der Waals surface area contributed by atoms with Gasteiger partial charge in [-0.15, -0.1) is 0 Å². The summed E-state index contributed by atoms with van der Waals surface area (Å²) in [7, 11) is 0. The van der Waals surface area contributed by atoms with Crippen LogP contribution in [0, 0.1) is 5.82 Å². The standard InChI is InChI=1S/C23H26FNO2/c24-19-9-7-17(8-10-19)21(26)6-3-13-25-14-11-23(12-15-25)20-5-2-1-4-18(20)16-22(23)27/h1-2,4-5,7-10,22,27H,3,6,11-16H2/t22-/m0/s1. The van der Waals surface area contributed by atoms with E-state index in [1.807, 2.05) is 0 Å². The van der Waals surface area contributed by atoms with E-state index in [1.54, 1.807) is 12.1 Å². The van der Waals surface area contributed by atoms with Gasteiger partial charge in [-0.25, -0.2) is 4.39 Å². The summed E-state index contributed by atoms with van der Waals surface area (Å²) in [6.07, 6.45) is 3.72. The minimum absolute atomic E-state index is 0.0728. The van der Waals surface area contributed by atoms with E-state index in [1.165, 1.54) is 23.3 Å². The molecule has 0 unspecified atom stereocenters. The number of hydrogen-bond acceptors (Lipinski definition) is 3. The molecule has 2 aromatic carbocycles. The summed E-state index contributed by atoms with van der Waals surface area (Å²) < 4.78 is 13.0. The van der Waals surface area contributed by atoms with Gasteiger partial charge in [0.15, 0.2) is 5.78 Å². The Morgan fingerprint density at radius 3 is 2.56 bits per heavy atom. The first-order valence-corrected chi connectivity index (χ1v) is 9.86. The number of likely N-dealkylation sites (tertiary alicyclic amines) is 1. The molecular weight excluding hydrogens is 341 g/mol. The molecule has 4 heteroatoms. The molecule has 142 valence electrons. The third kappa shape index (κ3) is 3.56. The summed E-state index contributed by atoms with van der Waals surface area (Å²) in [4.78, 5) is 14.6. The minimum Gasteiger partial charge on any atom is -0.392 e. The van der Waals surface area contributed by atoms with Gasteiger partial charge in [0.25, 0.3) is 0 Å². The lowest BCUT2D eigenvalue weighted by Gasteiger charge is -2.42. The van der Waals surface area contributed by atoms with Crippen molar-refractivity contribution in [3.05, 3.63) is 71.0 Å². The van der Waals surface area contributed by atoms with Gasteiger partial charge in [-0.1, -0.05) is 24.3 Å². The molecule has 1 N–H and O–H groups in total. The molecule has 1 aliphatic heterocycles. The van der Waals surface area contributed by atoms with Crippen molar-refractivity contribution in [3.63, 3.8) is 0 Å². The summed E-state index contributed by atoms with van der Waals surface area (Å²) in [5, 5.41) is 10.7. The van der Waals surface area contributed by atoms with E-state index in [4.69, 9.17) is 0 Å². The highest BCUT2D eigenvalue weighted by Gasteiger charge is 2.47. The number of fused-ring (bicyclic) bond motifs is 2. The maximum atomic E-state index is 13.0. The Morgan fingerprint density at radius 1 is 1.11 bits per heavy atom. The number of Topliss-reactive ketones (excluding diaryl/α,β-unsaturated/α-hetero) is 1. The van der Waals surface area contributed by atoms with Crippen LogP contribution < -0.4 is 0 Å². The van der Waals surface area contributed by atoms with Crippen molar-refractivity contribution in [2.24, 2.45) is 0 Å². The number of aliphatic hydroxyl groups excluding tert-OH is 1. The van der Waals surface area contributed by atoms with Crippen LogP contribution in [0.1, 0.15) is 47.2 Å². The first kappa shape index (κ1) is 18.3. The second-order valence-corrected chi connectivity index (χ2v) is 7.91. The van der Waals surface area contributed by atoms with Crippen LogP contribution in [0.25, 0.3) is 0 Å². The predicted molar refractivity (Wildman–Crippen MR) is 103 cm³/mol. The average Bonchev–Trinajstić information content (AvgIpc) is 2.95. The van der Waals surface area contributed by atoms with E-state index in [0.717, 1.165) is 45.3 Å². The van der Waals surface area contributed by atoms with Gasteiger partial charge >= 0.3 is 0 Å². The molecule has 3 nitrogen and oxygen atoms in total. The Bertz CT molecular complexity index is 809. The van der Waals surface area contributed by atoms with Crippen molar-refractivity contribution in [2.75, 3.05) is 19.6 Å². The highest BCUT2D eigenvalue weighted by molar-refractivity contribution is 5.95. The van der Waals surface area contributed by atoms with Gasteiger partial charge < -0.3 is 10.0 Å². The number of rotatable bonds is 5. The van der Waals surface area contributed by atoms with Crippen LogP contribution in [0.4, 0.5) is 4.39 Å². The smallest absolute Gasteiger partial charge is 0.162 e. The fourth-order valence-corrected chi connectivity index (χ4v) is 4.79. The van der Waals surface area contributed by atoms with Crippen LogP contribution in [0.15, 0.2) is 48.5 Å². The third-order valence-electron chi connectivity index (χ3n) is 6.40. The molecule has 0 aromatic heterocycles. The quantitative estimate of drug-likeness (QED) is 0.819. The number of aliphatic hydroxyl groups is 1. The van der Waals surface area contributed by atoms with Crippen LogP contribution in [-0.4, -0.2) is 41.5 Å². The van der Waals surface area contributed by atoms with Crippen LogP contribution in [0.2, 0.25) is 0 Å². The molecule has 1 fully saturated rings. The lowest BCUT2D eigenvalue weighted by molar-refractivity contribution is 0.0430. The van der Waals surface area contributed by atoms with Gasteiger partial charge in [0.1, 0.15) is 5.82 Å². The van der Waals surface area contributed by atoms with Crippen molar-refractivity contribution in [3.8, 4) is 0 Å². The lowest BCUT2D eigenvalue weighted by Crippen LogP contribution is -2.47. The largest absolute Gasteiger partial charge is 0.392 e. The molecule has 27 heavy (non-hydrogen) atoms. The van der Waals surface area contributed by atoms with Crippen molar-refractivity contribution in [1.29, 1.82) is 0 Å². The highest BCUT2D eigenvalue weighted by atomic mass is 19.1. The van der Waals surface area contributed by atoms with Gasteiger partial charge in [-0.05, 0) is 80.7 Å². The van der Waals surface area contributed by atoms with Gasteiger partial charge in [-0.2, -0.15) is 0 Å². The van der Waals surface area contributed by atoms with Crippen LogP contribution in [0.3, 0.4) is 0 Å². The molecular formula is C23H26FNO2. The zero-order chi connectivity index (χ0) is 18.9. The Morgan fingerprint density at radius 2 is 1.81 bits per heavy atom. The Kier molecular flexibility index (Phi) is 5.11. The Labute approximate surface area is 159 Å². The number of halogens is 1. The van der Waals surface area contributed by atoms with Crippen molar-refractivity contribution in [1.82, 2.24) is 4.90 Å². The average molecular weight is 367 g/mol. The van der Waals surface area contributed by atoms with Gasteiger partial charge in [0.2, 0.25) is 0 Å². The third-order valence-corrected chi connectivity index (χ3v) is 6.40. The van der Waals surface area contributed by atoms with Gasteiger partial charge in [0, 0.05) is 17.4 Å². The van der Waals surface area contributed by atoms with Gasteiger partial charge in [0.05, 0.1) is 6.10 Å². The maximum Gasteiger partial charge on any atom is 0.162 e. The van der Waals surface area contributed by atoms with Crippen LogP contribution >= 0.6 is 0 Å². The number of nitrogens with zero attached hydrogens (tertiary/aromatic N) is 1. The molecule has 1 spiro atoms. The summed E-state index contributed by atoms with van der Waals surface area (Å²) in [5.74, 6) is -0.243. The SMILES string of the molecule is O=C(CCCN1CCC2(CC1)c1ccccc1C[C@@H]2O)c1ccc(F)cc1. The number of hydrogen-bond donors (Lipinski definition) is 1. The predicted octanol–water partition coefficient (Wildman–Crippen LogP) is 3.74. The molecule has 2 aliphatic rings. The number of benzene rings is 2. The van der Waals surface area contributed by atoms with E-state index in [2.05, 4.69) is 29.2 Å². The summed E-state index contributed by atoms with van der Waals surface area (Å²) in [5.41, 5.74) is 3.13. The van der Waals surface area contributed by atoms with E-state index in [0.29, 0.717) is 12.0 Å². The number of carbonyl (C=O) groups excluding carboxylic acids is 1. The maximum absolute atomic E-state index is 13.0. The number of carbonyl (C=O) groups is 1. The summed E-state index contributed by atoms with van der Waals surface area (Å²) in [6.45, 7) is 2.80. The first-order chi connectivity index (χ1) is 13.1.